The number of ether oxygens (including phenoxy) is 1. The van der Waals surface area contributed by atoms with Crippen LogP contribution in [0.3, 0.4) is 0 Å². The van der Waals surface area contributed by atoms with Crippen molar-refractivity contribution in [2.75, 3.05) is 20.6 Å². The fourth-order valence-electron chi connectivity index (χ4n) is 0.245. The summed E-state index contributed by atoms with van der Waals surface area (Å²) in [6.07, 6.45) is 0.0486. The second-order valence-corrected chi connectivity index (χ2v) is 3.58. The van der Waals surface area contributed by atoms with E-state index in [-0.39, 0.29) is 6.10 Å². The van der Waals surface area contributed by atoms with Gasteiger partial charge >= 0.3 is 0 Å². The maximum atomic E-state index is 9.70. The van der Waals surface area contributed by atoms with Crippen LogP contribution < -0.4 is 0 Å². The Bertz CT molecular complexity index is 115. The van der Waals surface area contributed by atoms with Gasteiger partial charge in [0.1, 0.15) is 6.10 Å². The van der Waals surface area contributed by atoms with Gasteiger partial charge in [0, 0.05) is 0 Å². The van der Waals surface area contributed by atoms with Gasteiger partial charge in [0.05, 0.1) is 0 Å². The SMILES string of the molecule is CC.CC.CC(C)C(C)OC=O.CCN(C)C. The Labute approximate surface area is 110 Å². The van der Waals surface area contributed by atoms with E-state index in [1.54, 1.807) is 0 Å². The molecule has 1 atom stereocenters. The number of hydrogen-bond donors (Lipinski definition) is 0. The minimum absolute atomic E-state index is 0.0486. The largest absolute Gasteiger partial charge is 0.465 e. The van der Waals surface area contributed by atoms with Gasteiger partial charge in [0.2, 0.25) is 0 Å². The highest BCUT2D eigenvalue weighted by molar-refractivity contribution is 5.37. The van der Waals surface area contributed by atoms with Gasteiger partial charge in [-0.05, 0) is 33.5 Å². The Morgan fingerprint density at radius 2 is 1.35 bits per heavy atom. The first-order valence-corrected chi connectivity index (χ1v) is 6.69. The Morgan fingerprint density at radius 3 is 1.41 bits per heavy atom. The lowest BCUT2D eigenvalue weighted by molar-refractivity contribution is -0.134. The molecule has 0 heterocycles. The third kappa shape index (κ3) is 39.2. The predicted octanol–water partition coefficient (Wildman–Crippen LogP) is 3.82. The highest BCUT2D eigenvalue weighted by Crippen LogP contribution is 2.02. The Morgan fingerprint density at radius 1 is 1.06 bits per heavy atom. The molecule has 0 radical (unpaired) electrons. The molecule has 17 heavy (non-hydrogen) atoms. The molecule has 3 nitrogen and oxygen atoms in total. The standard InChI is InChI=1S/C6H12O2.C4H11N.2C2H6/c1-5(2)6(3)8-4-7;1-4-5(2)3;2*1-2/h4-6H,1-3H3;4H2,1-3H3;2*1-2H3. The lowest BCUT2D eigenvalue weighted by Gasteiger charge is -2.11. The number of nitrogens with zero attached hydrogens (tertiary/aromatic N) is 1. The summed E-state index contributed by atoms with van der Waals surface area (Å²) >= 11 is 0. The van der Waals surface area contributed by atoms with E-state index in [0.717, 1.165) is 6.54 Å². The van der Waals surface area contributed by atoms with Crippen LogP contribution in [0.25, 0.3) is 0 Å². The Kier molecular flexibility index (Phi) is 36.6. The van der Waals surface area contributed by atoms with Crippen molar-refractivity contribution in [3.8, 4) is 0 Å². The van der Waals surface area contributed by atoms with Gasteiger partial charge in [-0.2, -0.15) is 0 Å². The van der Waals surface area contributed by atoms with Gasteiger partial charge in [-0.25, -0.2) is 0 Å². The average molecular weight is 249 g/mol. The molecule has 1 unspecified atom stereocenters. The molecule has 0 bridgehead atoms. The van der Waals surface area contributed by atoms with Crippen LogP contribution in [0.15, 0.2) is 0 Å². The molecule has 108 valence electrons. The molecule has 0 spiro atoms. The Balaban J connectivity index is -0.0000000809. The minimum atomic E-state index is 0.0486. The fraction of sp³-hybridized carbons (Fsp3) is 0.929. The van der Waals surface area contributed by atoms with Crippen molar-refractivity contribution in [1.29, 1.82) is 0 Å². The first-order valence-electron chi connectivity index (χ1n) is 6.69. The zero-order valence-corrected chi connectivity index (χ0v) is 13.7. The van der Waals surface area contributed by atoms with Crippen molar-refractivity contribution in [2.24, 2.45) is 5.92 Å². The molecular formula is C14H35NO2. The monoisotopic (exact) mass is 249 g/mol. The molecule has 0 aromatic heterocycles. The molecule has 0 aromatic rings. The highest BCUT2D eigenvalue weighted by atomic mass is 16.5. The van der Waals surface area contributed by atoms with Crippen LogP contribution in [0.5, 0.6) is 0 Å². The summed E-state index contributed by atoms with van der Waals surface area (Å²) in [6.45, 7) is 17.6. The van der Waals surface area contributed by atoms with E-state index in [0.29, 0.717) is 12.4 Å². The zero-order chi connectivity index (χ0) is 14.9. The molecule has 0 aliphatic heterocycles. The molecule has 0 rings (SSSR count). The van der Waals surface area contributed by atoms with Gasteiger partial charge in [-0.3, -0.25) is 4.79 Å². The summed E-state index contributed by atoms with van der Waals surface area (Å²) in [4.78, 5) is 11.8. The second-order valence-electron chi connectivity index (χ2n) is 3.58. The third-order valence-corrected chi connectivity index (χ3v) is 1.84. The predicted molar refractivity (Wildman–Crippen MR) is 78.4 cm³/mol. The van der Waals surface area contributed by atoms with Crippen molar-refractivity contribution < 1.29 is 9.53 Å². The van der Waals surface area contributed by atoms with E-state index >= 15 is 0 Å². The second kappa shape index (κ2) is 24.6. The van der Waals surface area contributed by atoms with Crippen LogP contribution in [0.1, 0.15) is 55.4 Å². The summed E-state index contributed by atoms with van der Waals surface area (Å²) in [5.41, 5.74) is 0. The van der Waals surface area contributed by atoms with E-state index in [1.165, 1.54) is 0 Å². The minimum Gasteiger partial charge on any atom is -0.465 e. The van der Waals surface area contributed by atoms with E-state index in [9.17, 15) is 4.79 Å². The van der Waals surface area contributed by atoms with Gasteiger partial charge in [-0.1, -0.05) is 48.5 Å². The van der Waals surface area contributed by atoms with Crippen LogP contribution >= 0.6 is 0 Å². The van der Waals surface area contributed by atoms with Crippen LogP contribution in [0.4, 0.5) is 0 Å². The van der Waals surface area contributed by atoms with Gasteiger partial charge < -0.3 is 9.64 Å². The molecule has 0 aromatic carbocycles. The van der Waals surface area contributed by atoms with Gasteiger partial charge in [0.15, 0.2) is 0 Å². The molecule has 0 saturated heterocycles. The Hall–Kier alpha value is -0.570. The normalized spacial score (nSPS) is 9.88. The van der Waals surface area contributed by atoms with Crippen molar-refractivity contribution in [3.05, 3.63) is 0 Å². The highest BCUT2D eigenvalue weighted by Gasteiger charge is 2.04. The quantitative estimate of drug-likeness (QED) is 0.709. The summed E-state index contributed by atoms with van der Waals surface area (Å²) < 4.78 is 4.62. The molecule has 0 N–H and O–H groups in total. The number of carbonyl (C=O) groups excluding carboxylic acids is 1. The lowest BCUT2D eigenvalue weighted by atomic mass is 10.1. The van der Waals surface area contributed by atoms with E-state index in [4.69, 9.17) is 0 Å². The maximum absolute atomic E-state index is 9.70. The zero-order valence-electron chi connectivity index (χ0n) is 13.7. The smallest absolute Gasteiger partial charge is 0.293 e. The summed E-state index contributed by atoms with van der Waals surface area (Å²) in [7, 11) is 4.11. The van der Waals surface area contributed by atoms with Crippen molar-refractivity contribution in [1.82, 2.24) is 4.90 Å². The van der Waals surface area contributed by atoms with E-state index in [2.05, 4.69) is 30.7 Å². The number of hydrogen-bond acceptors (Lipinski definition) is 3. The first kappa shape index (κ1) is 25.3. The van der Waals surface area contributed by atoms with Crippen LogP contribution in [-0.2, 0) is 9.53 Å². The fourth-order valence-corrected chi connectivity index (χ4v) is 0.245. The van der Waals surface area contributed by atoms with Gasteiger partial charge in [-0.15, -0.1) is 0 Å². The summed E-state index contributed by atoms with van der Waals surface area (Å²) in [5, 5.41) is 0. The maximum Gasteiger partial charge on any atom is 0.293 e. The summed E-state index contributed by atoms with van der Waals surface area (Å²) in [6, 6.07) is 0. The molecule has 3 heteroatoms. The third-order valence-electron chi connectivity index (χ3n) is 1.84. The summed E-state index contributed by atoms with van der Waals surface area (Å²) in [5.74, 6) is 0.417. The van der Waals surface area contributed by atoms with Crippen molar-refractivity contribution in [3.63, 3.8) is 0 Å². The molecule has 0 saturated carbocycles. The van der Waals surface area contributed by atoms with Crippen molar-refractivity contribution >= 4 is 6.47 Å². The van der Waals surface area contributed by atoms with Crippen LogP contribution in [-0.4, -0.2) is 38.1 Å². The molecular weight excluding hydrogens is 214 g/mol. The molecule has 0 aliphatic carbocycles. The number of rotatable bonds is 4. The molecule has 0 amide bonds. The van der Waals surface area contributed by atoms with Crippen LogP contribution in [0.2, 0.25) is 0 Å². The van der Waals surface area contributed by atoms with Crippen molar-refractivity contribution in [2.45, 2.75) is 61.5 Å². The number of carbonyl (C=O) groups is 1. The van der Waals surface area contributed by atoms with Gasteiger partial charge in [0.25, 0.3) is 6.47 Å². The van der Waals surface area contributed by atoms with Crippen LogP contribution in [0, 0.1) is 5.92 Å². The topological polar surface area (TPSA) is 29.5 Å². The molecule has 0 aliphatic rings. The average Bonchev–Trinajstić information content (AvgIpc) is 2.35. The lowest BCUT2D eigenvalue weighted by Crippen LogP contribution is -2.13. The van der Waals surface area contributed by atoms with E-state index < -0.39 is 0 Å². The van der Waals surface area contributed by atoms with E-state index in [1.807, 2.05) is 48.5 Å². The first-order chi connectivity index (χ1) is 7.95. The molecule has 0 fully saturated rings.